The molecule has 0 unspecified atom stereocenters. The Kier molecular flexibility index (Phi) is 5.99. The van der Waals surface area contributed by atoms with Crippen molar-refractivity contribution in [2.45, 2.75) is 6.18 Å². The van der Waals surface area contributed by atoms with Gasteiger partial charge in [-0.25, -0.2) is 5.43 Å². The van der Waals surface area contributed by atoms with Crippen molar-refractivity contribution < 1.29 is 27.4 Å². The van der Waals surface area contributed by atoms with Gasteiger partial charge in [-0.2, -0.15) is 18.3 Å². The van der Waals surface area contributed by atoms with Crippen molar-refractivity contribution in [2.75, 3.05) is 13.7 Å². The zero-order chi connectivity index (χ0) is 18.3. The van der Waals surface area contributed by atoms with Crippen LogP contribution in [-0.2, 0) is 11.0 Å². The molecule has 8 heteroatoms. The molecule has 132 valence electrons. The van der Waals surface area contributed by atoms with Crippen LogP contribution < -0.4 is 14.9 Å². The average Bonchev–Trinajstić information content (AvgIpc) is 2.60. The van der Waals surface area contributed by atoms with Gasteiger partial charge in [0, 0.05) is 0 Å². The van der Waals surface area contributed by atoms with Crippen LogP contribution in [0.15, 0.2) is 53.6 Å². The molecule has 0 saturated carbocycles. The maximum Gasteiger partial charge on any atom is 0.416 e. The summed E-state index contributed by atoms with van der Waals surface area (Å²) in [5, 5.41) is 3.61. The number of benzene rings is 2. The fraction of sp³-hybridized carbons (Fsp3) is 0.176. The first-order valence-corrected chi connectivity index (χ1v) is 7.14. The number of nitrogens with zero attached hydrogens (tertiary/aromatic N) is 1. The van der Waals surface area contributed by atoms with Crippen LogP contribution in [0.1, 0.15) is 11.1 Å². The second-order valence-corrected chi connectivity index (χ2v) is 4.88. The minimum absolute atomic E-state index is 0.214. The van der Waals surface area contributed by atoms with Gasteiger partial charge in [-0.15, -0.1) is 0 Å². The first kappa shape index (κ1) is 18.3. The van der Waals surface area contributed by atoms with Crippen LogP contribution in [0.25, 0.3) is 0 Å². The maximum absolute atomic E-state index is 12.6. The number of ether oxygens (including phenoxy) is 2. The lowest BCUT2D eigenvalue weighted by Crippen LogP contribution is -2.24. The van der Waals surface area contributed by atoms with Crippen LogP contribution in [0.3, 0.4) is 0 Å². The van der Waals surface area contributed by atoms with Gasteiger partial charge in [0.15, 0.2) is 6.61 Å². The largest absolute Gasteiger partial charge is 0.497 e. The molecule has 2 rings (SSSR count). The molecule has 1 amide bonds. The number of hydrazone groups is 1. The molecule has 2 aromatic carbocycles. The fourth-order valence-corrected chi connectivity index (χ4v) is 1.83. The Morgan fingerprint density at radius 1 is 1.16 bits per heavy atom. The third-order valence-corrected chi connectivity index (χ3v) is 3.05. The molecule has 1 N–H and O–H groups in total. The normalized spacial score (nSPS) is 11.4. The van der Waals surface area contributed by atoms with Gasteiger partial charge >= 0.3 is 6.18 Å². The van der Waals surface area contributed by atoms with Crippen LogP contribution >= 0.6 is 0 Å². The van der Waals surface area contributed by atoms with Crippen molar-refractivity contribution in [3.63, 3.8) is 0 Å². The van der Waals surface area contributed by atoms with Crippen molar-refractivity contribution in [3.05, 3.63) is 59.7 Å². The molecule has 0 bridgehead atoms. The molecule has 0 aromatic heterocycles. The highest BCUT2D eigenvalue weighted by Crippen LogP contribution is 2.29. The third kappa shape index (κ3) is 5.83. The lowest BCUT2D eigenvalue weighted by Gasteiger charge is -2.07. The number of rotatable bonds is 6. The van der Waals surface area contributed by atoms with Gasteiger partial charge in [0.2, 0.25) is 0 Å². The maximum atomic E-state index is 12.6. The molecule has 5 nitrogen and oxygen atoms in total. The predicted octanol–water partition coefficient (Wildman–Crippen LogP) is 3.24. The highest BCUT2D eigenvalue weighted by molar-refractivity contribution is 5.83. The fourth-order valence-electron chi connectivity index (χ4n) is 1.83. The summed E-state index contributed by atoms with van der Waals surface area (Å²) in [4.78, 5) is 11.6. The Labute approximate surface area is 142 Å². The van der Waals surface area contributed by atoms with E-state index in [4.69, 9.17) is 9.47 Å². The molecule has 0 aliphatic rings. The van der Waals surface area contributed by atoms with Gasteiger partial charge in [-0.1, -0.05) is 12.1 Å². The highest BCUT2D eigenvalue weighted by atomic mass is 19.4. The molecule has 0 atom stereocenters. The molecule has 2 aromatic rings. The van der Waals surface area contributed by atoms with Crippen molar-refractivity contribution in [1.29, 1.82) is 0 Å². The van der Waals surface area contributed by atoms with Crippen LogP contribution in [0, 0.1) is 0 Å². The van der Waals surface area contributed by atoms with E-state index in [9.17, 15) is 18.0 Å². The quantitative estimate of drug-likeness (QED) is 0.641. The summed E-state index contributed by atoms with van der Waals surface area (Å²) in [6, 6.07) is 11.2. The Hall–Kier alpha value is -3.03. The summed E-state index contributed by atoms with van der Waals surface area (Å²) in [5.41, 5.74) is 1.61. The van der Waals surface area contributed by atoms with E-state index in [-0.39, 0.29) is 12.2 Å². The van der Waals surface area contributed by atoms with Crippen LogP contribution in [0.2, 0.25) is 0 Å². The number of methoxy groups -OCH3 is 1. The zero-order valence-corrected chi connectivity index (χ0v) is 13.2. The van der Waals surface area contributed by atoms with E-state index in [0.717, 1.165) is 18.3 Å². The molecule has 0 radical (unpaired) electrons. The van der Waals surface area contributed by atoms with Gasteiger partial charge in [-0.05, 0) is 42.0 Å². The van der Waals surface area contributed by atoms with Crippen molar-refractivity contribution in [1.82, 2.24) is 5.43 Å². The summed E-state index contributed by atoms with van der Waals surface area (Å²) in [7, 11) is 1.53. The number of carbonyl (C=O) groups is 1. The molecule has 0 fully saturated rings. The summed E-state index contributed by atoms with van der Waals surface area (Å²) in [6.45, 7) is -0.285. The van der Waals surface area contributed by atoms with E-state index in [1.54, 1.807) is 24.3 Å². The second kappa shape index (κ2) is 8.18. The smallest absolute Gasteiger partial charge is 0.416 e. The van der Waals surface area contributed by atoms with E-state index in [1.165, 1.54) is 19.2 Å². The minimum atomic E-state index is -4.43. The van der Waals surface area contributed by atoms with E-state index in [2.05, 4.69) is 10.5 Å². The molecule has 0 saturated heterocycles. The van der Waals surface area contributed by atoms with E-state index in [1.807, 2.05) is 0 Å². The molecule has 25 heavy (non-hydrogen) atoms. The SMILES string of the molecule is COc1ccc(OCC(=O)N/N=C/c2cccc(C(F)(F)F)c2)cc1. The number of hydrogen-bond donors (Lipinski definition) is 1. The van der Waals surface area contributed by atoms with Crippen molar-refractivity contribution in [3.8, 4) is 11.5 Å². The number of nitrogens with one attached hydrogen (secondary N) is 1. The summed E-state index contributed by atoms with van der Waals surface area (Å²) >= 11 is 0. The Balaban J connectivity index is 1.84. The molecular weight excluding hydrogens is 337 g/mol. The highest BCUT2D eigenvalue weighted by Gasteiger charge is 2.30. The van der Waals surface area contributed by atoms with Gasteiger partial charge in [0.1, 0.15) is 11.5 Å². The van der Waals surface area contributed by atoms with Gasteiger partial charge in [0.05, 0.1) is 18.9 Å². The van der Waals surface area contributed by atoms with Crippen LogP contribution in [-0.4, -0.2) is 25.8 Å². The van der Waals surface area contributed by atoms with Gasteiger partial charge in [0.25, 0.3) is 5.91 Å². The summed E-state index contributed by atoms with van der Waals surface area (Å²) in [5.74, 6) is 0.583. The molecule has 0 aliphatic carbocycles. The molecule has 0 aliphatic heterocycles. The predicted molar refractivity (Wildman–Crippen MR) is 85.7 cm³/mol. The van der Waals surface area contributed by atoms with E-state index >= 15 is 0 Å². The Bertz CT molecular complexity index is 744. The van der Waals surface area contributed by atoms with Gasteiger partial charge in [-0.3, -0.25) is 4.79 Å². The number of alkyl halides is 3. The third-order valence-electron chi connectivity index (χ3n) is 3.05. The monoisotopic (exact) mass is 352 g/mol. The summed E-state index contributed by atoms with van der Waals surface area (Å²) in [6.07, 6.45) is -3.31. The minimum Gasteiger partial charge on any atom is -0.497 e. The number of hydrogen-bond acceptors (Lipinski definition) is 4. The van der Waals surface area contributed by atoms with E-state index < -0.39 is 17.6 Å². The summed E-state index contributed by atoms with van der Waals surface area (Å²) < 4.78 is 48.0. The zero-order valence-electron chi connectivity index (χ0n) is 13.2. The topological polar surface area (TPSA) is 59.9 Å². The lowest BCUT2D eigenvalue weighted by atomic mass is 10.1. The number of carbonyl (C=O) groups excluding carboxylic acids is 1. The van der Waals surface area contributed by atoms with Gasteiger partial charge < -0.3 is 9.47 Å². The average molecular weight is 352 g/mol. The first-order valence-electron chi connectivity index (χ1n) is 7.14. The number of amides is 1. The van der Waals surface area contributed by atoms with Crippen LogP contribution in [0.5, 0.6) is 11.5 Å². The first-order chi connectivity index (χ1) is 11.9. The number of halogens is 3. The lowest BCUT2D eigenvalue weighted by molar-refractivity contribution is -0.137. The Morgan fingerprint density at radius 3 is 2.48 bits per heavy atom. The standard InChI is InChI=1S/C17H15F3N2O3/c1-24-14-5-7-15(8-6-14)25-11-16(23)22-21-10-12-3-2-4-13(9-12)17(18,19)20/h2-10H,11H2,1H3,(H,22,23)/b21-10+. The van der Waals surface area contributed by atoms with Crippen molar-refractivity contribution >= 4 is 12.1 Å². The second-order valence-electron chi connectivity index (χ2n) is 4.88. The van der Waals surface area contributed by atoms with Crippen LogP contribution in [0.4, 0.5) is 13.2 Å². The Morgan fingerprint density at radius 2 is 1.84 bits per heavy atom. The molecular formula is C17H15F3N2O3. The molecule has 0 heterocycles. The van der Waals surface area contributed by atoms with E-state index in [0.29, 0.717) is 11.5 Å². The van der Waals surface area contributed by atoms with Crippen molar-refractivity contribution in [2.24, 2.45) is 5.10 Å². The molecule has 0 spiro atoms.